The number of thiazole rings is 1. The molecule has 0 saturated heterocycles. The monoisotopic (exact) mass is 438 g/mol. The molecular formula is C24H26N2O4S. The standard InChI is InChI=1S/C24H26N2O4S/c1-5-13-26(24(27)19-10-7-6-9-17(19)2)14-18-16-31-22(25-18)15-30-23-20(28-3)11-8-12-21(23)29-4/h5-12,16H,1,13-15H2,2-4H3. The van der Waals surface area contributed by atoms with E-state index in [4.69, 9.17) is 14.2 Å². The van der Waals surface area contributed by atoms with Crippen molar-refractivity contribution >= 4 is 17.2 Å². The fourth-order valence-electron chi connectivity index (χ4n) is 3.14. The van der Waals surface area contributed by atoms with Crippen LogP contribution >= 0.6 is 11.3 Å². The average molecular weight is 439 g/mol. The predicted octanol–water partition coefficient (Wildman–Crippen LogP) is 4.88. The zero-order chi connectivity index (χ0) is 22.2. The molecule has 0 aliphatic heterocycles. The second-order valence-electron chi connectivity index (χ2n) is 6.80. The Morgan fingerprint density at radius 2 is 1.84 bits per heavy atom. The minimum absolute atomic E-state index is 0.0393. The lowest BCUT2D eigenvalue weighted by molar-refractivity contribution is 0.0760. The first-order valence-corrected chi connectivity index (χ1v) is 10.7. The van der Waals surface area contributed by atoms with E-state index in [1.807, 2.05) is 54.8 Å². The Bertz CT molecular complexity index is 1030. The minimum atomic E-state index is -0.0393. The van der Waals surface area contributed by atoms with Gasteiger partial charge in [0.1, 0.15) is 11.6 Å². The van der Waals surface area contributed by atoms with Gasteiger partial charge in [-0.25, -0.2) is 4.98 Å². The molecule has 0 bridgehead atoms. The third-order valence-electron chi connectivity index (χ3n) is 4.69. The number of ether oxygens (including phenoxy) is 3. The van der Waals surface area contributed by atoms with Crippen molar-refractivity contribution in [2.24, 2.45) is 0 Å². The van der Waals surface area contributed by atoms with Gasteiger partial charge in [0.25, 0.3) is 5.91 Å². The molecule has 0 aliphatic rings. The van der Waals surface area contributed by atoms with E-state index >= 15 is 0 Å². The number of methoxy groups -OCH3 is 2. The number of aromatic nitrogens is 1. The van der Waals surface area contributed by atoms with E-state index in [1.165, 1.54) is 11.3 Å². The lowest BCUT2D eigenvalue weighted by atomic mass is 10.1. The first kappa shape index (κ1) is 22.4. The lowest BCUT2D eigenvalue weighted by Crippen LogP contribution is -2.31. The number of benzene rings is 2. The highest BCUT2D eigenvalue weighted by Gasteiger charge is 2.18. The Morgan fingerprint density at radius 3 is 2.48 bits per heavy atom. The summed E-state index contributed by atoms with van der Waals surface area (Å²) >= 11 is 1.48. The minimum Gasteiger partial charge on any atom is -0.493 e. The van der Waals surface area contributed by atoms with Crippen molar-refractivity contribution < 1.29 is 19.0 Å². The number of carbonyl (C=O) groups excluding carboxylic acids is 1. The molecule has 0 atom stereocenters. The van der Waals surface area contributed by atoms with E-state index < -0.39 is 0 Å². The molecule has 1 amide bonds. The first-order chi connectivity index (χ1) is 15.1. The van der Waals surface area contributed by atoms with Gasteiger partial charge < -0.3 is 19.1 Å². The molecule has 0 unspecified atom stereocenters. The highest BCUT2D eigenvalue weighted by Crippen LogP contribution is 2.37. The van der Waals surface area contributed by atoms with E-state index in [2.05, 4.69) is 11.6 Å². The van der Waals surface area contributed by atoms with Crippen LogP contribution in [0.15, 0.2) is 60.5 Å². The topological polar surface area (TPSA) is 60.9 Å². The van der Waals surface area contributed by atoms with Gasteiger partial charge in [0.05, 0.1) is 26.5 Å². The molecular weight excluding hydrogens is 412 g/mol. The Morgan fingerprint density at radius 1 is 1.13 bits per heavy atom. The number of para-hydroxylation sites is 1. The number of hydrogen-bond donors (Lipinski definition) is 0. The molecule has 2 aromatic carbocycles. The van der Waals surface area contributed by atoms with Crippen molar-refractivity contribution in [3.63, 3.8) is 0 Å². The van der Waals surface area contributed by atoms with Crippen LogP contribution in [0.1, 0.15) is 26.6 Å². The summed E-state index contributed by atoms with van der Waals surface area (Å²) in [6.07, 6.45) is 1.72. The van der Waals surface area contributed by atoms with Crippen LogP contribution in [-0.2, 0) is 13.2 Å². The van der Waals surface area contributed by atoms with E-state index in [-0.39, 0.29) is 12.5 Å². The SMILES string of the molecule is C=CCN(Cc1csc(COc2c(OC)cccc2OC)n1)C(=O)c1ccccc1C. The van der Waals surface area contributed by atoms with Crippen LogP contribution in [0.2, 0.25) is 0 Å². The summed E-state index contributed by atoms with van der Waals surface area (Å²) in [6.45, 7) is 6.83. The zero-order valence-electron chi connectivity index (χ0n) is 18.0. The summed E-state index contributed by atoms with van der Waals surface area (Å²) in [5, 5.41) is 2.74. The lowest BCUT2D eigenvalue weighted by Gasteiger charge is -2.21. The van der Waals surface area contributed by atoms with Gasteiger partial charge in [-0.15, -0.1) is 17.9 Å². The molecule has 0 spiro atoms. The van der Waals surface area contributed by atoms with Crippen LogP contribution in [0.5, 0.6) is 17.2 Å². The van der Waals surface area contributed by atoms with Gasteiger partial charge in [-0.3, -0.25) is 4.79 Å². The third-order valence-corrected chi connectivity index (χ3v) is 5.56. The summed E-state index contributed by atoms with van der Waals surface area (Å²) in [7, 11) is 3.17. The second-order valence-corrected chi connectivity index (χ2v) is 7.74. The Hall–Kier alpha value is -3.32. The maximum atomic E-state index is 13.0. The number of nitrogens with zero attached hydrogens (tertiary/aromatic N) is 2. The van der Waals surface area contributed by atoms with Gasteiger partial charge in [-0.05, 0) is 30.7 Å². The molecule has 3 aromatic rings. The molecule has 6 nitrogen and oxygen atoms in total. The molecule has 1 heterocycles. The molecule has 0 N–H and O–H groups in total. The van der Waals surface area contributed by atoms with Crippen LogP contribution in [0.3, 0.4) is 0 Å². The molecule has 7 heteroatoms. The van der Waals surface area contributed by atoms with Gasteiger partial charge >= 0.3 is 0 Å². The van der Waals surface area contributed by atoms with Crippen LogP contribution in [0, 0.1) is 6.92 Å². The van der Waals surface area contributed by atoms with E-state index in [1.54, 1.807) is 25.2 Å². The molecule has 31 heavy (non-hydrogen) atoms. The molecule has 0 radical (unpaired) electrons. The van der Waals surface area contributed by atoms with Gasteiger partial charge in [0, 0.05) is 17.5 Å². The van der Waals surface area contributed by atoms with Crippen molar-refractivity contribution in [3.05, 3.63) is 82.3 Å². The van der Waals surface area contributed by atoms with Gasteiger partial charge in [0.2, 0.25) is 5.75 Å². The number of hydrogen-bond acceptors (Lipinski definition) is 6. The smallest absolute Gasteiger partial charge is 0.254 e. The Labute approximate surface area is 186 Å². The van der Waals surface area contributed by atoms with Gasteiger partial charge in [-0.1, -0.05) is 30.3 Å². The predicted molar refractivity (Wildman–Crippen MR) is 122 cm³/mol. The highest BCUT2D eigenvalue weighted by molar-refractivity contribution is 7.09. The van der Waals surface area contributed by atoms with Crippen LogP contribution in [-0.4, -0.2) is 36.6 Å². The van der Waals surface area contributed by atoms with Crippen molar-refractivity contribution in [2.75, 3.05) is 20.8 Å². The maximum Gasteiger partial charge on any atom is 0.254 e. The van der Waals surface area contributed by atoms with Crippen molar-refractivity contribution in [2.45, 2.75) is 20.1 Å². The summed E-state index contributed by atoms with van der Waals surface area (Å²) in [5.41, 5.74) is 2.44. The fourth-order valence-corrected chi connectivity index (χ4v) is 3.83. The van der Waals surface area contributed by atoms with Crippen molar-refractivity contribution in [1.29, 1.82) is 0 Å². The Kier molecular flexibility index (Phi) is 7.67. The number of carbonyl (C=O) groups is 1. The number of aryl methyl sites for hydroxylation is 1. The summed E-state index contributed by atoms with van der Waals surface area (Å²) in [6, 6.07) is 13.0. The number of amides is 1. The largest absolute Gasteiger partial charge is 0.493 e. The normalized spacial score (nSPS) is 10.4. The first-order valence-electron chi connectivity index (χ1n) is 9.80. The third kappa shape index (κ3) is 5.44. The molecule has 162 valence electrons. The van der Waals surface area contributed by atoms with E-state index in [9.17, 15) is 4.79 Å². The van der Waals surface area contributed by atoms with Crippen LogP contribution in [0.25, 0.3) is 0 Å². The second kappa shape index (κ2) is 10.6. The average Bonchev–Trinajstić information content (AvgIpc) is 3.24. The van der Waals surface area contributed by atoms with E-state index in [0.29, 0.717) is 35.9 Å². The summed E-state index contributed by atoms with van der Waals surface area (Å²) < 4.78 is 16.7. The fraction of sp³-hybridized carbons (Fsp3) is 0.250. The summed E-state index contributed by atoms with van der Waals surface area (Å²) in [5.74, 6) is 1.68. The molecule has 3 rings (SSSR count). The van der Waals surface area contributed by atoms with Crippen LogP contribution < -0.4 is 14.2 Å². The number of rotatable bonds is 10. The zero-order valence-corrected chi connectivity index (χ0v) is 18.8. The molecule has 0 saturated carbocycles. The molecule has 0 fully saturated rings. The highest BCUT2D eigenvalue weighted by atomic mass is 32.1. The van der Waals surface area contributed by atoms with Crippen molar-refractivity contribution in [1.82, 2.24) is 9.88 Å². The summed E-state index contributed by atoms with van der Waals surface area (Å²) in [4.78, 5) is 19.4. The maximum absolute atomic E-state index is 13.0. The van der Waals surface area contributed by atoms with Crippen molar-refractivity contribution in [3.8, 4) is 17.2 Å². The molecule has 1 aromatic heterocycles. The van der Waals surface area contributed by atoms with Gasteiger partial charge in [-0.2, -0.15) is 0 Å². The van der Waals surface area contributed by atoms with Gasteiger partial charge in [0.15, 0.2) is 11.5 Å². The Balaban J connectivity index is 1.71. The van der Waals surface area contributed by atoms with Crippen LogP contribution in [0.4, 0.5) is 0 Å². The molecule has 0 aliphatic carbocycles. The van der Waals surface area contributed by atoms with E-state index in [0.717, 1.165) is 16.3 Å². The quantitative estimate of drug-likeness (QED) is 0.423.